The highest BCUT2D eigenvalue weighted by atomic mass is 15.2. The van der Waals surface area contributed by atoms with Gasteiger partial charge in [0.2, 0.25) is 0 Å². The first-order chi connectivity index (χ1) is 33.7. The molecule has 10 aromatic rings. The molecule has 1 N–H and O–H groups in total. The van der Waals surface area contributed by atoms with Gasteiger partial charge in [0.15, 0.2) is 0 Å². The first kappa shape index (κ1) is 39.6. The SMILES string of the molecule is C1=C(c2ccc(-c3cccc(-c4ccc5c(c4)C4(c6ccccc6-5)c5ccccc5N(c5ccccc5)c5ccccc54)c3)cc2)NC(c2ccc(-c3ccccc3)cc2)N=C1c1ccccc1. The van der Waals surface area contributed by atoms with Crippen LogP contribution in [0.2, 0.25) is 0 Å². The van der Waals surface area contributed by atoms with E-state index in [4.69, 9.17) is 4.99 Å². The lowest BCUT2D eigenvalue weighted by molar-refractivity contribution is 0.664. The highest BCUT2D eigenvalue weighted by Crippen LogP contribution is 2.63. The summed E-state index contributed by atoms with van der Waals surface area (Å²) in [7, 11) is 0. The summed E-state index contributed by atoms with van der Waals surface area (Å²) in [4.78, 5) is 7.67. The summed E-state index contributed by atoms with van der Waals surface area (Å²) in [6, 6.07) is 92.7. The first-order valence-corrected chi connectivity index (χ1v) is 23.5. The molecule has 3 heteroatoms. The van der Waals surface area contributed by atoms with Crippen molar-refractivity contribution in [2.45, 2.75) is 11.6 Å². The van der Waals surface area contributed by atoms with Gasteiger partial charge >= 0.3 is 0 Å². The van der Waals surface area contributed by atoms with Crippen molar-refractivity contribution < 1.29 is 0 Å². The van der Waals surface area contributed by atoms with E-state index in [1.807, 2.05) is 0 Å². The number of hydrogen-bond acceptors (Lipinski definition) is 3. The summed E-state index contributed by atoms with van der Waals surface area (Å²) in [5, 5.41) is 3.78. The van der Waals surface area contributed by atoms with Crippen molar-refractivity contribution in [3.63, 3.8) is 0 Å². The minimum absolute atomic E-state index is 0.232. The molecule has 0 saturated carbocycles. The van der Waals surface area contributed by atoms with Crippen molar-refractivity contribution in [1.82, 2.24) is 5.32 Å². The largest absolute Gasteiger partial charge is 0.360 e. The molecule has 10 aromatic carbocycles. The Labute approximate surface area is 397 Å². The Morgan fingerprint density at radius 1 is 0.353 bits per heavy atom. The zero-order valence-corrected chi connectivity index (χ0v) is 37.3. The monoisotopic (exact) mass is 867 g/mol. The molecule has 1 aliphatic carbocycles. The lowest BCUT2D eigenvalue weighted by Crippen LogP contribution is -2.36. The average molecular weight is 868 g/mol. The maximum absolute atomic E-state index is 5.23. The highest BCUT2D eigenvalue weighted by molar-refractivity contribution is 6.13. The summed E-state index contributed by atoms with van der Waals surface area (Å²) in [6.45, 7) is 0. The predicted molar refractivity (Wildman–Crippen MR) is 282 cm³/mol. The third-order valence-corrected chi connectivity index (χ3v) is 14.1. The third kappa shape index (κ3) is 6.47. The van der Waals surface area contributed by atoms with Gasteiger partial charge in [0.25, 0.3) is 0 Å². The van der Waals surface area contributed by atoms with E-state index in [-0.39, 0.29) is 6.17 Å². The zero-order valence-electron chi connectivity index (χ0n) is 37.3. The fourth-order valence-electron chi connectivity index (χ4n) is 11.0. The number of benzene rings is 10. The van der Waals surface area contributed by atoms with Crippen LogP contribution in [0.4, 0.5) is 17.1 Å². The van der Waals surface area contributed by atoms with E-state index in [1.54, 1.807) is 0 Å². The molecule has 0 radical (unpaired) electrons. The summed E-state index contributed by atoms with van der Waals surface area (Å²) < 4.78 is 0. The second-order valence-electron chi connectivity index (χ2n) is 17.9. The standard InChI is InChI=1S/C65H45N3/c1-4-17-44(18-5-1)45-33-37-49(38-34-45)64-66-60(47-19-6-2-7-20-47)43-61(67-64)48-35-31-46(32-36-48)50-21-16-22-51(41-50)52-39-40-55-54-25-10-11-26-56(54)65(59(55)42-52)57-27-12-14-29-62(57)68(53-23-8-3-9-24-53)63-30-15-13-28-58(63)65/h1-43,64,67H. The average Bonchev–Trinajstić information content (AvgIpc) is 3.71. The summed E-state index contributed by atoms with van der Waals surface area (Å²) in [5.41, 5.74) is 23.3. The molecule has 13 rings (SSSR count). The molecule has 3 aliphatic rings. The van der Waals surface area contributed by atoms with E-state index in [0.717, 1.165) is 39.3 Å². The Hall–Kier alpha value is -8.79. The number of anilines is 3. The van der Waals surface area contributed by atoms with Crippen LogP contribution in [0.5, 0.6) is 0 Å². The normalized spacial score (nSPS) is 15.0. The van der Waals surface area contributed by atoms with Crippen LogP contribution in [0, 0.1) is 0 Å². The number of aliphatic imine (C=N–C) groups is 1. The molecule has 0 bridgehead atoms. The quantitative estimate of drug-likeness (QED) is 0.173. The summed E-state index contributed by atoms with van der Waals surface area (Å²) in [5.74, 6) is 0. The molecule has 0 fully saturated rings. The van der Waals surface area contributed by atoms with Gasteiger partial charge in [0.05, 0.1) is 22.5 Å². The number of allylic oxidation sites excluding steroid dienone is 1. The molecule has 1 atom stereocenters. The number of hydrogen-bond donors (Lipinski definition) is 1. The smallest absolute Gasteiger partial charge is 0.145 e. The van der Waals surface area contributed by atoms with E-state index in [0.29, 0.717) is 0 Å². The molecule has 2 heterocycles. The van der Waals surface area contributed by atoms with Crippen molar-refractivity contribution in [3.05, 3.63) is 300 Å². The van der Waals surface area contributed by atoms with Crippen LogP contribution in [-0.2, 0) is 5.41 Å². The Morgan fingerprint density at radius 2 is 0.824 bits per heavy atom. The lowest BCUT2D eigenvalue weighted by atomic mass is 9.64. The highest BCUT2D eigenvalue weighted by Gasteiger charge is 2.51. The molecule has 320 valence electrons. The van der Waals surface area contributed by atoms with Crippen molar-refractivity contribution in [3.8, 4) is 44.5 Å². The molecular formula is C65H45N3. The van der Waals surface area contributed by atoms with E-state index >= 15 is 0 Å². The molecule has 2 aliphatic heterocycles. The number of para-hydroxylation sites is 3. The first-order valence-electron chi connectivity index (χ1n) is 23.5. The molecule has 1 unspecified atom stereocenters. The van der Waals surface area contributed by atoms with Crippen LogP contribution < -0.4 is 10.2 Å². The van der Waals surface area contributed by atoms with Gasteiger partial charge in [-0.3, -0.25) is 4.99 Å². The Morgan fingerprint density at radius 3 is 1.51 bits per heavy atom. The molecule has 0 amide bonds. The van der Waals surface area contributed by atoms with E-state index in [1.165, 1.54) is 72.6 Å². The van der Waals surface area contributed by atoms with E-state index in [9.17, 15) is 0 Å². The minimum Gasteiger partial charge on any atom is -0.360 e. The molecule has 0 aromatic heterocycles. The maximum Gasteiger partial charge on any atom is 0.145 e. The van der Waals surface area contributed by atoms with Crippen molar-refractivity contribution in [2.75, 3.05) is 4.90 Å². The van der Waals surface area contributed by atoms with Crippen LogP contribution in [0.15, 0.2) is 266 Å². The van der Waals surface area contributed by atoms with Gasteiger partial charge in [-0.1, -0.05) is 218 Å². The second kappa shape index (κ2) is 16.3. The molecular weight excluding hydrogens is 823 g/mol. The van der Waals surface area contributed by atoms with Gasteiger partial charge in [-0.2, -0.15) is 0 Å². The number of fused-ring (bicyclic) bond motifs is 9. The zero-order chi connectivity index (χ0) is 45.0. The second-order valence-corrected chi connectivity index (χ2v) is 17.9. The lowest BCUT2D eigenvalue weighted by Gasteiger charge is -2.45. The van der Waals surface area contributed by atoms with Crippen LogP contribution in [0.1, 0.15) is 45.1 Å². The summed E-state index contributed by atoms with van der Waals surface area (Å²) in [6.07, 6.45) is 1.95. The van der Waals surface area contributed by atoms with Gasteiger partial charge in [-0.25, -0.2) is 0 Å². The Balaban J connectivity index is 0.858. The third-order valence-electron chi connectivity index (χ3n) is 14.1. The van der Waals surface area contributed by atoms with Gasteiger partial charge in [0.1, 0.15) is 6.17 Å². The maximum atomic E-state index is 5.23. The number of rotatable bonds is 7. The van der Waals surface area contributed by atoms with Gasteiger partial charge in [0, 0.05) is 11.4 Å². The molecule has 0 saturated heterocycles. The minimum atomic E-state index is -0.509. The fraction of sp³-hybridized carbons (Fsp3) is 0.0308. The van der Waals surface area contributed by atoms with Crippen LogP contribution in [0.3, 0.4) is 0 Å². The van der Waals surface area contributed by atoms with Crippen molar-refractivity contribution in [2.24, 2.45) is 4.99 Å². The van der Waals surface area contributed by atoms with Gasteiger partial charge in [-0.15, -0.1) is 0 Å². The van der Waals surface area contributed by atoms with E-state index in [2.05, 4.69) is 271 Å². The fourth-order valence-corrected chi connectivity index (χ4v) is 11.0. The molecule has 3 nitrogen and oxygen atoms in total. The number of nitrogens with zero attached hydrogens (tertiary/aromatic N) is 2. The Bertz CT molecular complexity index is 3530. The molecule has 68 heavy (non-hydrogen) atoms. The number of nitrogens with one attached hydrogen (secondary N) is 1. The topological polar surface area (TPSA) is 27.6 Å². The van der Waals surface area contributed by atoms with Crippen LogP contribution in [0.25, 0.3) is 50.2 Å². The van der Waals surface area contributed by atoms with Crippen molar-refractivity contribution in [1.29, 1.82) is 0 Å². The van der Waals surface area contributed by atoms with Crippen molar-refractivity contribution >= 4 is 28.5 Å². The molecule has 1 spiro atoms. The van der Waals surface area contributed by atoms with E-state index < -0.39 is 5.41 Å². The Kier molecular flexibility index (Phi) is 9.47. The summed E-state index contributed by atoms with van der Waals surface area (Å²) >= 11 is 0. The van der Waals surface area contributed by atoms with Gasteiger partial charge in [-0.05, 0) is 126 Å². The predicted octanol–water partition coefficient (Wildman–Crippen LogP) is 16.0. The van der Waals surface area contributed by atoms with Gasteiger partial charge < -0.3 is 10.2 Å². The van der Waals surface area contributed by atoms with Crippen LogP contribution in [-0.4, -0.2) is 5.71 Å². The van der Waals surface area contributed by atoms with Crippen LogP contribution >= 0.6 is 0 Å².